The minimum Gasteiger partial charge on any atom is -0.297 e. The molecule has 1 saturated heterocycles. The van der Waals surface area contributed by atoms with E-state index < -0.39 is 0 Å². The smallest absolute Gasteiger partial charge is 0.102 e. The topological polar surface area (TPSA) is 3.24 Å². The van der Waals surface area contributed by atoms with Crippen LogP contribution in [0.4, 0.5) is 4.39 Å². The molecular weight excluding hydrogens is 129 g/mol. The molecule has 1 aliphatic heterocycles. The van der Waals surface area contributed by atoms with Crippen LogP contribution in [-0.4, -0.2) is 30.7 Å². The van der Waals surface area contributed by atoms with Crippen LogP contribution in [0.15, 0.2) is 0 Å². The van der Waals surface area contributed by atoms with Crippen LogP contribution >= 0.6 is 0 Å². The van der Waals surface area contributed by atoms with Gasteiger partial charge in [-0.15, -0.1) is 0 Å². The van der Waals surface area contributed by atoms with E-state index in [2.05, 4.69) is 18.7 Å². The summed E-state index contributed by atoms with van der Waals surface area (Å²) in [5.74, 6) is 0.695. The molecule has 0 aromatic carbocycles. The molecule has 0 aromatic rings. The summed E-state index contributed by atoms with van der Waals surface area (Å²) in [7, 11) is 0. The molecule has 0 N–H and O–H groups in total. The normalized spacial score (nSPS) is 27.0. The van der Waals surface area contributed by atoms with Crippen LogP contribution in [0.3, 0.4) is 0 Å². The van der Waals surface area contributed by atoms with Crippen molar-refractivity contribution in [3.05, 3.63) is 0 Å². The lowest BCUT2D eigenvalue weighted by molar-refractivity contribution is 0.0504. The van der Waals surface area contributed by atoms with Crippen molar-refractivity contribution in [2.24, 2.45) is 5.92 Å². The number of alkyl halides is 1. The van der Waals surface area contributed by atoms with Gasteiger partial charge in [0.25, 0.3) is 0 Å². The average molecular weight is 145 g/mol. The fraction of sp³-hybridized carbons (Fsp3) is 1.00. The first-order valence-electron chi connectivity index (χ1n) is 4.05. The summed E-state index contributed by atoms with van der Waals surface area (Å²) >= 11 is 0. The van der Waals surface area contributed by atoms with E-state index in [0.717, 1.165) is 6.54 Å². The molecule has 2 heteroatoms. The highest BCUT2D eigenvalue weighted by Gasteiger charge is 2.29. The lowest BCUT2D eigenvalue weighted by atomic mass is 9.92. The molecular formula is C8H16FN. The van der Waals surface area contributed by atoms with Crippen LogP contribution in [0.2, 0.25) is 0 Å². The number of hydrogen-bond donors (Lipinski definition) is 0. The van der Waals surface area contributed by atoms with E-state index in [1.165, 1.54) is 6.42 Å². The Labute approximate surface area is 62.2 Å². The number of nitrogens with zero attached hydrogens (tertiary/aromatic N) is 1. The van der Waals surface area contributed by atoms with Crippen molar-refractivity contribution in [3.8, 4) is 0 Å². The van der Waals surface area contributed by atoms with Gasteiger partial charge in [0, 0.05) is 19.1 Å². The van der Waals surface area contributed by atoms with E-state index in [0.29, 0.717) is 18.5 Å². The first kappa shape index (κ1) is 7.99. The predicted molar refractivity (Wildman–Crippen MR) is 40.8 cm³/mol. The third-order valence-electron chi connectivity index (χ3n) is 2.32. The Morgan fingerprint density at radius 3 is 2.60 bits per heavy atom. The van der Waals surface area contributed by atoms with Crippen molar-refractivity contribution in [1.82, 2.24) is 4.90 Å². The van der Waals surface area contributed by atoms with Crippen molar-refractivity contribution >= 4 is 0 Å². The molecule has 1 nitrogen and oxygen atoms in total. The minimum atomic E-state index is -0.191. The average Bonchev–Trinajstić information content (AvgIpc) is 1.78. The summed E-state index contributed by atoms with van der Waals surface area (Å²) in [6.45, 7) is 5.96. The van der Waals surface area contributed by atoms with Gasteiger partial charge in [0.05, 0.1) is 0 Å². The van der Waals surface area contributed by atoms with Gasteiger partial charge in [-0.3, -0.25) is 4.90 Å². The highest BCUT2D eigenvalue weighted by Crippen LogP contribution is 2.23. The number of halogens is 1. The van der Waals surface area contributed by atoms with Gasteiger partial charge < -0.3 is 0 Å². The summed E-state index contributed by atoms with van der Waals surface area (Å²) in [4.78, 5) is 2.23. The van der Waals surface area contributed by atoms with E-state index in [-0.39, 0.29) is 6.67 Å². The number of hydrogen-bond acceptors (Lipinski definition) is 1. The summed E-state index contributed by atoms with van der Waals surface area (Å²) in [5, 5.41) is 0. The van der Waals surface area contributed by atoms with Crippen molar-refractivity contribution in [3.63, 3.8) is 0 Å². The van der Waals surface area contributed by atoms with Crippen molar-refractivity contribution in [1.29, 1.82) is 0 Å². The molecule has 1 rings (SSSR count). The van der Waals surface area contributed by atoms with Crippen LogP contribution in [0, 0.1) is 5.92 Å². The molecule has 0 aromatic heterocycles. The highest BCUT2D eigenvalue weighted by atomic mass is 19.1. The zero-order valence-corrected chi connectivity index (χ0v) is 6.81. The fourth-order valence-corrected chi connectivity index (χ4v) is 1.60. The second-order valence-electron chi connectivity index (χ2n) is 3.32. The Bertz CT molecular complexity index is 103. The Hall–Kier alpha value is -0.110. The van der Waals surface area contributed by atoms with Gasteiger partial charge in [-0.2, -0.15) is 0 Å². The Morgan fingerprint density at radius 1 is 1.60 bits per heavy atom. The van der Waals surface area contributed by atoms with Crippen molar-refractivity contribution < 1.29 is 4.39 Å². The molecule has 0 amide bonds. The molecule has 0 spiro atoms. The highest BCUT2D eigenvalue weighted by molar-refractivity contribution is 4.84. The summed E-state index contributed by atoms with van der Waals surface area (Å²) in [5.41, 5.74) is 0. The molecule has 0 saturated carbocycles. The van der Waals surface area contributed by atoms with E-state index in [4.69, 9.17) is 0 Å². The lowest BCUT2D eigenvalue weighted by Gasteiger charge is -2.43. The van der Waals surface area contributed by atoms with Gasteiger partial charge in [0.15, 0.2) is 0 Å². The SMILES string of the molecule is CC(C)[C@H]1CCN1CCF. The van der Waals surface area contributed by atoms with E-state index in [1.54, 1.807) is 0 Å². The zero-order chi connectivity index (χ0) is 7.56. The third-order valence-corrected chi connectivity index (χ3v) is 2.32. The largest absolute Gasteiger partial charge is 0.297 e. The van der Waals surface area contributed by atoms with Crippen LogP contribution < -0.4 is 0 Å². The molecule has 1 atom stereocenters. The summed E-state index contributed by atoms with van der Waals surface area (Å²) in [6, 6.07) is 0.663. The lowest BCUT2D eigenvalue weighted by Crippen LogP contribution is -2.51. The van der Waals surface area contributed by atoms with Crippen LogP contribution in [0.25, 0.3) is 0 Å². The van der Waals surface area contributed by atoms with Gasteiger partial charge in [-0.1, -0.05) is 13.8 Å². The van der Waals surface area contributed by atoms with Gasteiger partial charge in [-0.25, -0.2) is 4.39 Å². The standard InChI is InChI=1S/C8H16FN/c1-7(2)8-3-5-10(8)6-4-9/h7-8H,3-6H2,1-2H3/t8-/m1/s1. The molecule has 1 fully saturated rings. The number of likely N-dealkylation sites (tertiary alicyclic amines) is 1. The third kappa shape index (κ3) is 1.48. The molecule has 1 aliphatic rings. The van der Waals surface area contributed by atoms with E-state index >= 15 is 0 Å². The monoisotopic (exact) mass is 145 g/mol. The van der Waals surface area contributed by atoms with Gasteiger partial charge in [0.1, 0.15) is 6.67 Å². The predicted octanol–water partition coefficient (Wildman–Crippen LogP) is 1.69. The second kappa shape index (κ2) is 3.33. The maximum absolute atomic E-state index is 11.9. The Morgan fingerprint density at radius 2 is 2.30 bits per heavy atom. The maximum atomic E-state index is 11.9. The van der Waals surface area contributed by atoms with Gasteiger partial charge in [-0.05, 0) is 12.3 Å². The van der Waals surface area contributed by atoms with Crippen molar-refractivity contribution in [2.75, 3.05) is 19.8 Å². The molecule has 0 bridgehead atoms. The Kier molecular flexibility index (Phi) is 2.66. The van der Waals surface area contributed by atoms with E-state index in [1.807, 2.05) is 0 Å². The van der Waals surface area contributed by atoms with Crippen LogP contribution in [-0.2, 0) is 0 Å². The fourth-order valence-electron chi connectivity index (χ4n) is 1.60. The zero-order valence-electron chi connectivity index (χ0n) is 6.81. The summed E-state index contributed by atoms with van der Waals surface area (Å²) < 4.78 is 11.9. The van der Waals surface area contributed by atoms with Gasteiger partial charge in [0.2, 0.25) is 0 Å². The van der Waals surface area contributed by atoms with Crippen LogP contribution in [0.5, 0.6) is 0 Å². The summed E-state index contributed by atoms with van der Waals surface area (Å²) in [6.07, 6.45) is 1.26. The molecule has 10 heavy (non-hydrogen) atoms. The van der Waals surface area contributed by atoms with Crippen molar-refractivity contribution in [2.45, 2.75) is 26.3 Å². The maximum Gasteiger partial charge on any atom is 0.102 e. The number of rotatable bonds is 3. The molecule has 60 valence electrons. The molecule has 1 heterocycles. The van der Waals surface area contributed by atoms with E-state index in [9.17, 15) is 4.39 Å². The first-order valence-corrected chi connectivity index (χ1v) is 4.05. The molecule has 0 radical (unpaired) electrons. The first-order chi connectivity index (χ1) is 4.75. The minimum absolute atomic E-state index is 0.191. The second-order valence-corrected chi connectivity index (χ2v) is 3.32. The molecule has 0 aliphatic carbocycles. The van der Waals surface area contributed by atoms with Gasteiger partial charge >= 0.3 is 0 Å². The quantitative estimate of drug-likeness (QED) is 0.584. The van der Waals surface area contributed by atoms with Crippen LogP contribution in [0.1, 0.15) is 20.3 Å². The Balaban J connectivity index is 2.22. The molecule has 0 unspecified atom stereocenters.